The van der Waals surface area contributed by atoms with E-state index in [1.807, 2.05) is 31.2 Å². The van der Waals surface area contributed by atoms with Gasteiger partial charge in [0.2, 0.25) is 5.89 Å². The summed E-state index contributed by atoms with van der Waals surface area (Å²) in [6, 6.07) is 19.6. The number of aryl methyl sites for hydroxylation is 1. The largest absolute Gasteiger partial charge is 0.436 e. The van der Waals surface area contributed by atoms with E-state index in [1.165, 1.54) is 0 Å². The predicted molar refractivity (Wildman–Crippen MR) is 114 cm³/mol. The molecule has 0 radical (unpaired) electrons. The van der Waals surface area contributed by atoms with E-state index >= 15 is 0 Å². The monoisotopic (exact) mass is 490 g/mol. The van der Waals surface area contributed by atoms with Crippen LogP contribution in [0.4, 0.5) is 5.69 Å². The molecule has 27 heavy (non-hydrogen) atoms. The molecule has 0 fully saturated rings. The Balaban J connectivity index is 1.66. The summed E-state index contributed by atoms with van der Waals surface area (Å²) < 4.78 is 34.6. The van der Waals surface area contributed by atoms with Gasteiger partial charge in [-0.25, -0.2) is 13.4 Å². The van der Waals surface area contributed by atoms with Gasteiger partial charge in [0, 0.05) is 9.13 Å². The lowest BCUT2D eigenvalue weighted by molar-refractivity contribution is 0.601. The van der Waals surface area contributed by atoms with Crippen LogP contribution in [0.2, 0.25) is 0 Å². The molecule has 0 aliphatic heterocycles. The molecule has 1 aromatic heterocycles. The summed E-state index contributed by atoms with van der Waals surface area (Å²) in [6.07, 6.45) is 0. The maximum absolute atomic E-state index is 12.6. The first-order chi connectivity index (χ1) is 12.9. The third-order valence-corrected chi connectivity index (χ3v) is 6.11. The summed E-state index contributed by atoms with van der Waals surface area (Å²) in [7, 11) is -3.66. The molecule has 0 bridgehead atoms. The van der Waals surface area contributed by atoms with Crippen molar-refractivity contribution in [1.29, 1.82) is 0 Å². The fourth-order valence-corrected chi connectivity index (χ4v) is 4.26. The first-order valence-corrected chi connectivity index (χ1v) is 10.7. The lowest BCUT2D eigenvalue weighted by atomic mass is 10.2. The van der Waals surface area contributed by atoms with Crippen LogP contribution in [-0.4, -0.2) is 13.4 Å². The highest BCUT2D eigenvalue weighted by Crippen LogP contribution is 2.28. The van der Waals surface area contributed by atoms with Gasteiger partial charge in [-0.1, -0.05) is 23.8 Å². The van der Waals surface area contributed by atoms with Crippen LogP contribution in [0, 0.1) is 10.5 Å². The van der Waals surface area contributed by atoms with Crippen LogP contribution in [0.3, 0.4) is 0 Å². The van der Waals surface area contributed by atoms with Gasteiger partial charge in [-0.2, -0.15) is 0 Å². The maximum Gasteiger partial charge on any atom is 0.261 e. The number of rotatable bonds is 4. The van der Waals surface area contributed by atoms with Crippen molar-refractivity contribution in [3.63, 3.8) is 0 Å². The highest BCUT2D eigenvalue weighted by molar-refractivity contribution is 14.1. The standard InChI is InChI=1S/C20H15IN2O3S/c1-13-5-8-17(9-6-13)27(24,25)23-16-7-10-19-18(12-16)22-20(26-19)14-3-2-4-15(21)11-14/h2-12,23H,1H3. The zero-order chi connectivity index (χ0) is 19.0. The van der Waals surface area contributed by atoms with Crippen molar-refractivity contribution in [1.82, 2.24) is 4.98 Å². The number of hydrogen-bond acceptors (Lipinski definition) is 4. The minimum Gasteiger partial charge on any atom is -0.436 e. The quantitative estimate of drug-likeness (QED) is 0.399. The van der Waals surface area contributed by atoms with E-state index in [0.717, 1.165) is 14.7 Å². The van der Waals surface area contributed by atoms with Gasteiger partial charge in [0.25, 0.3) is 10.0 Å². The highest BCUT2D eigenvalue weighted by Gasteiger charge is 2.15. The Labute approximate surface area is 170 Å². The summed E-state index contributed by atoms with van der Waals surface area (Å²) in [5.74, 6) is 0.502. The second-order valence-electron chi connectivity index (χ2n) is 6.13. The zero-order valence-electron chi connectivity index (χ0n) is 14.3. The molecule has 0 unspecified atom stereocenters. The van der Waals surface area contributed by atoms with Crippen LogP contribution < -0.4 is 4.72 Å². The lowest BCUT2D eigenvalue weighted by Crippen LogP contribution is -2.12. The molecule has 1 N–H and O–H groups in total. The van der Waals surface area contributed by atoms with Gasteiger partial charge < -0.3 is 4.42 Å². The first kappa shape index (κ1) is 18.0. The van der Waals surface area contributed by atoms with E-state index in [2.05, 4.69) is 32.3 Å². The second-order valence-corrected chi connectivity index (χ2v) is 9.06. The number of benzene rings is 3. The van der Waals surface area contributed by atoms with Crippen LogP contribution in [0.5, 0.6) is 0 Å². The summed E-state index contributed by atoms with van der Waals surface area (Å²) in [5, 5.41) is 0. The van der Waals surface area contributed by atoms with Crippen LogP contribution in [0.15, 0.2) is 76.0 Å². The summed E-state index contributed by atoms with van der Waals surface area (Å²) >= 11 is 2.23. The predicted octanol–water partition coefficient (Wildman–Crippen LogP) is 5.21. The molecule has 0 aliphatic carbocycles. The molecular formula is C20H15IN2O3S. The minimum absolute atomic E-state index is 0.216. The number of aromatic nitrogens is 1. The van der Waals surface area contributed by atoms with Crippen LogP contribution in [-0.2, 0) is 10.0 Å². The van der Waals surface area contributed by atoms with E-state index in [9.17, 15) is 8.42 Å². The number of nitrogens with zero attached hydrogens (tertiary/aromatic N) is 1. The number of hydrogen-bond donors (Lipinski definition) is 1. The molecule has 0 saturated heterocycles. The normalized spacial score (nSPS) is 11.6. The van der Waals surface area contributed by atoms with Crippen LogP contribution in [0.1, 0.15) is 5.56 Å². The molecule has 0 spiro atoms. The molecule has 1 heterocycles. The molecule has 0 saturated carbocycles. The Hall–Kier alpha value is -2.39. The molecule has 4 rings (SSSR count). The number of halogens is 1. The van der Waals surface area contributed by atoms with Crippen molar-refractivity contribution >= 4 is 49.4 Å². The number of sulfonamides is 1. The first-order valence-electron chi connectivity index (χ1n) is 8.17. The number of nitrogens with one attached hydrogen (secondary N) is 1. The topological polar surface area (TPSA) is 72.2 Å². The molecule has 3 aromatic carbocycles. The van der Waals surface area contributed by atoms with Crippen LogP contribution in [0.25, 0.3) is 22.6 Å². The Bertz CT molecular complexity index is 1230. The third-order valence-electron chi connectivity index (χ3n) is 4.04. The van der Waals surface area contributed by atoms with Gasteiger partial charge in [0.1, 0.15) is 5.52 Å². The summed E-state index contributed by atoms with van der Waals surface area (Å²) in [5.41, 5.74) is 3.50. The Morgan fingerprint density at radius 3 is 2.52 bits per heavy atom. The number of anilines is 1. The SMILES string of the molecule is Cc1ccc(S(=O)(=O)Nc2ccc3oc(-c4cccc(I)c4)nc3c2)cc1. The van der Waals surface area contributed by atoms with Crippen LogP contribution >= 0.6 is 22.6 Å². The zero-order valence-corrected chi connectivity index (χ0v) is 17.3. The summed E-state index contributed by atoms with van der Waals surface area (Å²) in [6.45, 7) is 1.91. The Kier molecular flexibility index (Phi) is 4.65. The molecule has 0 atom stereocenters. The number of fused-ring (bicyclic) bond motifs is 1. The fourth-order valence-electron chi connectivity index (χ4n) is 2.67. The Morgan fingerprint density at radius 1 is 1.00 bits per heavy atom. The van der Waals surface area contributed by atoms with Gasteiger partial charge in [0.05, 0.1) is 10.6 Å². The van der Waals surface area contributed by atoms with E-state index in [4.69, 9.17) is 4.42 Å². The molecule has 4 aromatic rings. The molecular weight excluding hydrogens is 475 g/mol. The van der Waals surface area contributed by atoms with E-state index in [0.29, 0.717) is 22.7 Å². The van der Waals surface area contributed by atoms with Crippen molar-refractivity contribution < 1.29 is 12.8 Å². The smallest absolute Gasteiger partial charge is 0.261 e. The van der Waals surface area contributed by atoms with Gasteiger partial charge in [-0.3, -0.25) is 4.72 Å². The van der Waals surface area contributed by atoms with Crippen molar-refractivity contribution in [2.75, 3.05) is 4.72 Å². The highest BCUT2D eigenvalue weighted by atomic mass is 127. The van der Waals surface area contributed by atoms with Crippen molar-refractivity contribution in [2.24, 2.45) is 0 Å². The summed E-state index contributed by atoms with van der Waals surface area (Å²) in [4.78, 5) is 4.71. The maximum atomic E-state index is 12.6. The van der Waals surface area contributed by atoms with E-state index < -0.39 is 10.0 Å². The van der Waals surface area contributed by atoms with Crippen molar-refractivity contribution in [3.8, 4) is 11.5 Å². The number of oxazole rings is 1. The second kappa shape index (κ2) is 6.97. The molecule has 136 valence electrons. The van der Waals surface area contributed by atoms with Gasteiger partial charge in [-0.15, -0.1) is 0 Å². The Morgan fingerprint density at radius 2 is 1.78 bits per heavy atom. The van der Waals surface area contributed by atoms with Gasteiger partial charge in [0.15, 0.2) is 5.58 Å². The molecule has 5 nitrogen and oxygen atoms in total. The van der Waals surface area contributed by atoms with E-state index in [1.54, 1.807) is 42.5 Å². The van der Waals surface area contributed by atoms with E-state index in [-0.39, 0.29) is 4.90 Å². The fraction of sp³-hybridized carbons (Fsp3) is 0.0500. The van der Waals surface area contributed by atoms with Crippen molar-refractivity contribution in [2.45, 2.75) is 11.8 Å². The lowest BCUT2D eigenvalue weighted by Gasteiger charge is -2.08. The average Bonchev–Trinajstić information content (AvgIpc) is 3.05. The average molecular weight is 490 g/mol. The third kappa shape index (κ3) is 3.84. The van der Waals surface area contributed by atoms with Gasteiger partial charge >= 0.3 is 0 Å². The molecule has 0 amide bonds. The molecule has 7 heteroatoms. The van der Waals surface area contributed by atoms with Crippen molar-refractivity contribution in [3.05, 3.63) is 75.9 Å². The molecule has 0 aliphatic rings. The van der Waals surface area contributed by atoms with Gasteiger partial charge in [-0.05, 0) is 78.0 Å². The minimum atomic E-state index is -3.66.